The van der Waals surface area contributed by atoms with Crippen molar-refractivity contribution in [2.24, 2.45) is 5.41 Å². The summed E-state index contributed by atoms with van der Waals surface area (Å²) in [7, 11) is 0. The van der Waals surface area contributed by atoms with Gasteiger partial charge < -0.3 is 0 Å². The number of rotatable bonds is 3. The second kappa shape index (κ2) is 3.87. The fraction of sp³-hybridized carbons (Fsp3) is 0.500. The van der Waals surface area contributed by atoms with E-state index in [0.29, 0.717) is 6.29 Å². The molecule has 0 atom stereocenters. The van der Waals surface area contributed by atoms with E-state index in [0.717, 1.165) is 0 Å². The van der Waals surface area contributed by atoms with Gasteiger partial charge in [-0.25, -0.2) is 0 Å². The quantitative estimate of drug-likeness (QED) is 0.353. The van der Waals surface area contributed by atoms with Gasteiger partial charge in [0.25, 0.3) is 0 Å². The van der Waals surface area contributed by atoms with Crippen molar-refractivity contribution in [2.45, 2.75) is 13.8 Å². The molecule has 0 amide bonds. The predicted octanol–water partition coefficient (Wildman–Crippen LogP) is 1.63. The van der Waals surface area contributed by atoms with Crippen LogP contribution < -0.4 is 0 Å². The van der Waals surface area contributed by atoms with Gasteiger partial charge in [-0.1, -0.05) is 19.9 Å². The minimum Gasteiger partial charge on any atom is -0.297 e. The summed E-state index contributed by atoms with van der Waals surface area (Å²) in [6.07, 6.45) is 1.76. The number of nitrogens with zero attached hydrogens (tertiary/aromatic N) is 1. The molecule has 0 saturated heterocycles. The Bertz CT molecular complexity index is 213. The molecule has 11 heavy (non-hydrogen) atoms. The van der Waals surface area contributed by atoms with Crippen LogP contribution >= 0.6 is 0 Å². The van der Waals surface area contributed by atoms with Crippen molar-refractivity contribution in [3.05, 3.63) is 11.6 Å². The standard InChI is InChI=1S/C8H10FNO/c1-8(2,6-9)3-7(4-10)5-11/h3,5H,6H2,1-2H3/b7-3+. The summed E-state index contributed by atoms with van der Waals surface area (Å²) < 4.78 is 12.1. The van der Waals surface area contributed by atoms with Crippen LogP contribution in [0.25, 0.3) is 0 Å². The molecular weight excluding hydrogens is 145 g/mol. The molecule has 0 unspecified atom stereocenters. The van der Waals surface area contributed by atoms with Crippen LogP contribution in [0.4, 0.5) is 4.39 Å². The van der Waals surface area contributed by atoms with Crippen LogP contribution in [0.2, 0.25) is 0 Å². The molecule has 2 nitrogen and oxygen atoms in total. The van der Waals surface area contributed by atoms with E-state index in [-0.39, 0.29) is 5.57 Å². The Labute approximate surface area is 65.3 Å². The van der Waals surface area contributed by atoms with E-state index < -0.39 is 12.1 Å². The first kappa shape index (κ1) is 9.83. The Kier molecular flexibility index (Phi) is 3.46. The lowest BCUT2D eigenvalue weighted by Gasteiger charge is -2.13. The molecule has 3 heteroatoms. The Balaban J connectivity index is 4.53. The molecule has 0 aliphatic rings. The van der Waals surface area contributed by atoms with Crippen molar-refractivity contribution < 1.29 is 9.18 Å². The molecule has 0 bridgehead atoms. The highest BCUT2D eigenvalue weighted by Crippen LogP contribution is 2.18. The average Bonchev–Trinajstić information content (AvgIpc) is 2.00. The zero-order chi connectivity index (χ0) is 8.91. The van der Waals surface area contributed by atoms with Gasteiger partial charge >= 0.3 is 0 Å². The summed E-state index contributed by atoms with van der Waals surface area (Å²) in [5.41, 5.74) is -0.737. The Morgan fingerprint density at radius 3 is 2.55 bits per heavy atom. The lowest BCUT2D eigenvalue weighted by atomic mass is 9.93. The fourth-order valence-corrected chi connectivity index (χ4v) is 0.552. The molecule has 0 radical (unpaired) electrons. The third kappa shape index (κ3) is 3.51. The molecule has 0 aromatic heterocycles. The van der Waals surface area contributed by atoms with Crippen LogP contribution in [0.3, 0.4) is 0 Å². The van der Waals surface area contributed by atoms with Gasteiger partial charge in [-0.3, -0.25) is 9.18 Å². The van der Waals surface area contributed by atoms with Crippen molar-refractivity contribution in [3.8, 4) is 6.07 Å². The van der Waals surface area contributed by atoms with Crippen LogP contribution in [0.15, 0.2) is 11.6 Å². The molecular formula is C8H10FNO. The molecule has 0 N–H and O–H groups in total. The number of aldehydes is 1. The van der Waals surface area contributed by atoms with Crippen LogP contribution in [-0.2, 0) is 4.79 Å². The molecule has 0 saturated carbocycles. The summed E-state index contributed by atoms with van der Waals surface area (Å²) in [4.78, 5) is 10.1. The number of hydrogen-bond acceptors (Lipinski definition) is 2. The van der Waals surface area contributed by atoms with Gasteiger partial charge in [0.1, 0.15) is 6.07 Å². The van der Waals surface area contributed by atoms with Crippen molar-refractivity contribution in [3.63, 3.8) is 0 Å². The number of allylic oxidation sites excluding steroid dienone is 2. The van der Waals surface area contributed by atoms with E-state index in [1.54, 1.807) is 19.9 Å². The minimum atomic E-state index is -0.716. The summed E-state index contributed by atoms with van der Waals surface area (Å²) in [5.74, 6) is 0. The summed E-state index contributed by atoms with van der Waals surface area (Å²) in [6, 6.07) is 1.67. The van der Waals surface area contributed by atoms with Gasteiger partial charge in [0.05, 0.1) is 12.2 Å². The molecule has 0 aliphatic heterocycles. The van der Waals surface area contributed by atoms with E-state index >= 15 is 0 Å². The van der Waals surface area contributed by atoms with Crippen LogP contribution in [0.1, 0.15) is 13.8 Å². The highest BCUT2D eigenvalue weighted by molar-refractivity contribution is 5.79. The first-order valence-electron chi connectivity index (χ1n) is 3.20. The lowest BCUT2D eigenvalue weighted by Crippen LogP contribution is -2.10. The van der Waals surface area contributed by atoms with Crippen molar-refractivity contribution in [1.82, 2.24) is 0 Å². The number of hydrogen-bond donors (Lipinski definition) is 0. The summed E-state index contributed by atoms with van der Waals surface area (Å²) in [6.45, 7) is 2.66. The monoisotopic (exact) mass is 155 g/mol. The molecule has 60 valence electrons. The molecule has 0 fully saturated rings. The van der Waals surface area contributed by atoms with Gasteiger partial charge in [0, 0.05) is 5.41 Å². The number of carbonyl (C=O) groups excluding carboxylic acids is 1. The zero-order valence-corrected chi connectivity index (χ0v) is 6.60. The predicted molar refractivity (Wildman–Crippen MR) is 39.5 cm³/mol. The zero-order valence-electron chi connectivity index (χ0n) is 6.60. The summed E-state index contributed by atoms with van der Waals surface area (Å²) >= 11 is 0. The van der Waals surface area contributed by atoms with E-state index in [1.807, 2.05) is 0 Å². The molecule has 0 aromatic rings. The molecule has 0 aromatic carbocycles. The topological polar surface area (TPSA) is 40.9 Å². The van der Waals surface area contributed by atoms with E-state index in [1.165, 1.54) is 6.08 Å². The number of nitriles is 1. The summed E-state index contributed by atoms with van der Waals surface area (Å²) in [5, 5.41) is 8.31. The van der Waals surface area contributed by atoms with Gasteiger partial charge in [0.2, 0.25) is 0 Å². The van der Waals surface area contributed by atoms with Gasteiger partial charge in [-0.05, 0) is 0 Å². The fourth-order valence-electron chi connectivity index (χ4n) is 0.552. The molecule has 0 aliphatic carbocycles. The third-order valence-corrected chi connectivity index (χ3v) is 1.15. The van der Waals surface area contributed by atoms with Crippen LogP contribution in [-0.4, -0.2) is 13.0 Å². The van der Waals surface area contributed by atoms with Crippen molar-refractivity contribution in [1.29, 1.82) is 5.26 Å². The normalized spacial score (nSPS) is 12.4. The maximum atomic E-state index is 12.1. The first-order chi connectivity index (χ1) is 5.05. The van der Waals surface area contributed by atoms with E-state index in [4.69, 9.17) is 5.26 Å². The average molecular weight is 155 g/mol. The third-order valence-electron chi connectivity index (χ3n) is 1.15. The molecule has 0 heterocycles. The highest BCUT2D eigenvalue weighted by atomic mass is 19.1. The van der Waals surface area contributed by atoms with Crippen LogP contribution in [0, 0.1) is 16.7 Å². The second-order valence-electron chi connectivity index (χ2n) is 2.95. The minimum absolute atomic E-state index is 0.0207. The first-order valence-corrected chi connectivity index (χ1v) is 3.20. The number of carbonyl (C=O) groups is 1. The lowest BCUT2D eigenvalue weighted by molar-refractivity contribution is -0.104. The maximum Gasteiger partial charge on any atom is 0.160 e. The Hall–Kier alpha value is -1.17. The number of alkyl halides is 1. The largest absolute Gasteiger partial charge is 0.297 e. The van der Waals surface area contributed by atoms with E-state index in [9.17, 15) is 9.18 Å². The Morgan fingerprint density at radius 1 is 1.73 bits per heavy atom. The number of halogens is 1. The Morgan fingerprint density at radius 2 is 2.27 bits per heavy atom. The van der Waals surface area contributed by atoms with Crippen LogP contribution in [0.5, 0.6) is 0 Å². The van der Waals surface area contributed by atoms with Gasteiger partial charge in [-0.15, -0.1) is 0 Å². The highest BCUT2D eigenvalue weighted by Gasteiger charge is 2.14. The maximum absolute atomic E-state index is 12.1. The molecule has 0 rings (SSSR count). The smallest absolute Gasteiger partial charge is 0.160 e. The van der Waals surface area contributed by atoms with Gasteiger partial charge in [-0.2, -0.15) is 5.26 Å². The van der Waals surface area contributed by atoms with Crippen molar-refractivity contribution >= 4 is 6.29 Å². The van der Waals surface area contributed by atoms with Crippen molar-refractivity contribution in [2.75, 3.05) is 6.67 Å². The molecule has 0 spiro atoms. The van der Waals surface area contributed by atoms with E-state index in [2.05, 4.69) is 0 Å². The second-order valence-corrected chi connectivity index (χ2v) is 2.95. The van der Waals surface area contributed by atoms with Gasteiger partial charge in [0.15, 0.2) is 6.29 Å². The SMILES string of the molecule is CC(C)(/C=C(\C#N)C=O)CF.